The van der Waals surface area contributed by atoms with Crippen molar-refractivity contribution in [3.8, 4) is 0 Å². The number of fused-ring (bicyclic) bond motifs is 5. The summed E-state index contributed by atoms with van der Waals surface area (Å²) in [6.45, 7) is 9.07. The van der Waals surface area contributed by atoms with Gasteiger partial charge in [-0.2, -0.15) is 0 Å². The van der Waals surface area contributed by atoms with Crippen molar-refractivity contribution in [2.45, 2.75) is 85.0 Å². The molecule has 0 heterocycles. The molecule has 0 aromatic rings. The largest absolute Gasteiger partial charge is 0.353 e. The van der Waals surface area contributed by atoms with Gasteiger partial charge in [0, 0.05) is 24.4 Å². The average Bonchev–Trinajstić information content (AvgIpc) is 2.92. The van der Waals surface area contributed by atoms with E-state index in [-0.39, 0.29) is 40.8 Å². The first-order valence-corrected chi connectivity index (χ1v) is 10.8. The van der Waals surface area contributed by atoms with Crippen LogP contribution in [0.4, 0.5) is 0 Å². The zero-order valence-electron chi connectivity index (χ0n) is 17.3. The van der Waals surface area contributed by atoms with Crippen molar-refractivity contribution in [2.75, 3.05) is 6.61 Å². The molecule has 27 heavy (non-hydrogen) atoms. The van der Waals surface area contributed by atoms with Crippen LogP contribution < -0.4 is 0 Å². The first-order chi connectivity index (χ1) is 12.8. The highest BCUT2D eigenvalue weighted by molar-refractivity contribution is 5.96. The van der Waals surface area contributed by atoms with Gasteiger partial charge in [-0.3, -0.25) is 9.59 Å². The molecule has 0 aromatic carbocycles. The number of Topliss-reactive ketones (excluding diaryl/α,β-unsaturated/α-hetero) is 1. The van der Waals surface area contributed by atoms with Gasteiger partial charge < -0.3 is 9.47 Å². The SMILES string of the molecule is CCOC(C)O[C@H]1CC[C@@]2(C)C(=CC(=O)[C@@H]3[C@@H]2CC[C@]2(C)C(=O)CC[C@@H]32)C1. The highest BCUT2D eigenvalue weighted by Crippen LogP contribution is 2.63. The predicted octanol–water partition coefficient (Wildman–Crippen LogP) is 4.47. The highest BCUT2D eigenvalue weighted by Gasteiger charge is 2.60. The lowest BCUT2D eigenvalue weighted by atomic mass is 9.48. The van der Waals surface area contributed by atoms with Crippen LogP contribution in [-0.2, 0) is 19.1 Å². The topological polar surface area (TPSA) is 52.6 Å². The third kappa shape index (κ3) is 2.95. The number of ether oxygens (including phenoxy) is 2. The van der Waals surface area contributed by atoms with E-state index in [1.807, 2.05) is 19.9 Å². The number of allylic oxidation sites excluding steroid dienone is 1. The number of carbonyl (C=O) groups is 2. The van der Waals surface area contributed by atoms with Gasteiger partial charge in [-0.05, 0) is 75.7 Å². The molecule has 4 aliphatic rings. The molecular weight excluding hydrogens is 340 g/mol. The molecule has 3 fully saturated rings. The molecule has 0 saturated heterocycles. The van der Waals surface area contributed by atoms with Crippen LogP contribution in [0, 0.1) is 28.6 Å². The van der Waals surface area contributed by atoms with Crippen molar-refractivity contribution in [1.82, 2.24) is 0 Å². The summed E-state index contributed by atoms with van der Waals surface area (Å²) in [5, 5.41) is 0. The van der Waals surface area contributed by atoms with Crippen LogP contribution in [0.1, 0.15) is 72.6 Å². The normalized spacial score (nSPS) is 45.0. The Hall–Kier alpha value is -1.00. The molecule has 3 saturated carbocycles. The summed E-state index contributed by atoms with van der Waals surface area (Å²) in [5.74, 6) is 1.35. The molecule has 1 unspecified atom stereocenters. The molecule has 0 bridgehead atoms. The maximum Gasteiger partial charge on any atom is 0.159 e. The van der Waals surface area contributed by atoms with Crippen molar-refractivity contribution >= 4 is 11.6 Å². The van der Waals surface area contributed by atoms with Gasteiger partial charge >= 0.3 is 0 Å². The minimum absolute atomic E-state index is 0.0452. The van der Waals surface area contributed by atoms with E-state index in [1.165, 1.54) is 5.57 Å². The van der Waals surface area contributed by atoms with Crippen LogP contribution in [0.5, 0.6) is 0 Å². The summed E-state index contributed by atoms with van der Waals surface area (Å²) in [6.07, 6.45) is 8.32. The Labute approximate surface area is 163 Å². The Bertz CT molecular complexity index is 667. The average molecular weight is 375 g/mol. The van der Waals surface area contributed by atoms with Crippen LogP contribution in [0.15, 0.2) is 11.6 Å². The Morgan fingerprint density at radius 3 is 2.56 bits per heavy atom. The quantitative estimate of drug-likeness (QED) is 0.682. The lowest BCUT2D eigenvalue weighted by Gasteiger charge is -2.56. The monoisotopic (exact) mass is 374 g/mol. The van der Waals surface area contributed by atoms with E-state index in [1.54, 1.807) is 0 Å². The molecule has 150 valence electrons. The molecule has 0 amide bonds. The molecule has 0 N–H and O–H groups in total. The maximum atomic E-state index is 13.2. The van der Waals surface area contributed by atoms with E-state index < -0.39 is 0 Å². The van der Waals surface area contributed by atoms with Crippen molar-refractivity contribution < 1.29 is 19.1 Å². The number of hydrogen-bond acceptors (Lipinski definition) is 4. The zero-order valence-corrected chi connectivity index (χ0v) is 17.3. The highest BCUT2D eigenvalue weighted by atomic mass is 16.7. The van der Waals surface area contributed by atoms with Gasteiger partial charge in [0.2, 0.25) is 0 Å². The van der Waals surface area contributed by atoms with Crippen molar-refractivity contribution in [2.24, 2.45) is 28.6 Å². The van der Waals surface area contributed by atoms with Gasteiger partial charge in [-0.25, -0.2) is 0 Å². The third-order valence-electron chi connectivity index (χ3n) is 8.40. The summed E-state index contributed by atoms with van der Waals surface area (Å²) in [6, 6.07) is 0. The molecule has 7 atom stereocenters. The van der Waals surface area contributed by atoms with Crippen LogP contribution in [0.3, 0.4) is 0 Å². The van der Waals surface area contributed by atoms with Gasteiger partial charge in [0.05, 0.1) is 6.10 Å². The molecule has 0 aromatic heterocycles. The molecule has 0 radical (unpaired) electrons. The molecule has 0 spiro atoms. The Kier molecular flexibility index (Phi) is 4.87. The predicted molar refractivity (Wildman–Crippen MR) is 103 cm³/mol. The number of ketones is 2. The number of carbonyl (C=O) groups excluding carboxylic acids is 2. The molecule has 0 aliphatic heterocycles. The summed E-state index contributed by atoms with van der Waals surface area (Å²) < 4.78 is 11.6. The molecule has 4 heteroatoms. The fraction of sp³-hybridized carbons (Fsp3) is 0.826. The van der Waals surface area contributed by atoms with Crippen molar-refractivity contribution in [3.63, 3.8) is 0 Å². The first-order valence-electron chi connectivity index (χ1n) is 10.8. The summed E-state index contributed by atoms with van der Waals surface area (Å²) >= 11 is 0. The Balaban J connectivity index is 1.58. The molecular formula is C23H34O4. The van der Waals surface area contributed by atoms with Crippen LogP contribution in [0.25, 0.3) is 0 Å². The smallest absolute Gasteiger partial charge is 0.159 e. The lowest BCUT2D eigenvalue weighted by molar-refractivity contribution is -0.167. The summed E-state index contributed by atoms with van der Waals surface area (Å²) in [5.41, 5.74) is 1.10. The van der Waals surface area contributed by atoms with Crippen LogP contribution in [-0.4, -0.2) is 30.6 Å². The van der Waals surface area contributed by atoms with E-state index in [4.69, 9.17) is 9.47 Å². The van der Waals surface area contributed by atoms with E-state index in [2.05, 4.69) is 13.8 Å². The summed E-state index contributed by atoms with van der Waals surface area (Å²) in [7, 11) is 0. The van der Waals surface area contributed by atoms with Gasteiger partial charge in [0.25, 0.3) is 0 Å². The van der Waals surface area contributed by atoms with E-state index in [9.17, 15) is 9.59 Å². The Morgan fingerprint density at radius 2 is 1.81 bits per heavy atom. The first kappa shape index (κ1) is 19.3. The van der Waals surface area contributed by atoms with E-state index in [0.717, 1.165) is 38.5 Å². The lowest BCUT2D eigenvalue weighted by Crippen LogP contribution is -2.53. The van der Waals surface area contributed by atoms with Crippen LogP contribution in [0.2, 0.25) is 0 Å². The van der Waals surface area contributed by atoms with Gasteiger partial charge in [-0.15, -0.1) is 0 Å². The minimum atomic E-state index is -0.258. The fourth-order valence-corrected chi connectivity index (χ4v) is 6.80. The van der Waals surface area contributed by atoms with E-state index >= 15 is 0 Å². The second kappa shape index (κ2) is 6.81. The second-order valence-electron chi connectivity index (χ2n) is 9.67. The fourth-order valence-electron chi connectivity index (χ4n) is 6.80. The standard InChI is InChI=1S/C23H34O4/c1-5-26-14(2)27-16-8-10-22(3)15(12-16)13-19(24)21-17-6-7-20(25)23(17,4)11-9-18(21)22/h13-14,16-18,21H,5-12H2,1-4H3/t14?,16-,17-,18-,21-,22-,23-/m0/s1. The zero-order chi connectivity index (χ0) is 19.4. The van der Waals surface area contributed by atoms with Crippen molar-refractivity contribution in [3.05, 3.63) is 11.6 Å². The third-order valence-corrected chi connectivity index (χ3v) is 8.40. The minimum Gasteiger partial charge on any atom is -0.353 e. The molecule has 4 rings (SSSR count). The van der Waals surface area contributed by atoms with Gasteiger partial charge in [0.1, 0.15) is 5.78 Å². The number of rotatable bonds is 4. The van der Waals surface area contributed by atoms with Crippen molar-refractivity contribution in [1.29, 1.82) is 0 Å². The van der Waals surface area contributed by atoms with Crippen LogP contribution >= 0.6 is 0 Å². The van der Waals surface area contributed by atoms with E-state index in [0.29, 0.717) is 24.7 Å². The van der Waals surface area contributed by atoms with Gasteiger partial charge in [-0.1, -0.05) is 19.4 Å². The second-order valence-corrected chi connectivity index (χ2v) is 9.67. The summed E-state index contributed by atoms with van der Waals surface area (Å²) in [4.78, 5) is 25.7. The molecule has 4 nitrogen and oxygen atoms in total. The molecule has 4 aliphatic carbocycles. The van der Waals surface area contributed by atoms with Gasteiger partial charge in [0.15, 0.2) is 12.1 Å². The number of hydrogen-bond donors (Lipinski definition) is 0. The Morgan fingerprint density at radius 1 is 1.11 bits per heavy atom. The maximum absolute atomic E-state index is 13.2.